The zero-order valence-corrected chi connectivity index (χ0v) is 13.6. The summed E-state index contributed by atoms with van der Waals surface area (Å²) in [7, 11) is -2.07. The third-order valence-electron chi connectivity index (χ3n) is 2.59. The van der Waals surface area contributed by atoms with Crippen molar-refractivity contribution in [2.24, 2.45) is 7.05 Å². The lowest BCUT2D eigenvalue weighted by molar-refractivity contribution is 0.601. The molecule has 0 fully saturated rings. The van der Waals surface area contributed by atoms with E-state index >= 15 is 0 Å². The summed E-state index contributed by atoms with van der Waals surface area (Å²) in [6, 6.07) is 3.69. The van der Waals surface area contributed by atoms with Crippen LogP contribution in [0.3, 0.4) is 0 Å². The molecule has 3 aromatic heterocycles. The van der Waals surface area contributed by atoms with E-state index in [1.54, 1.807) is 14.0 Å². The summed E-state index contributed by atoms with van der Waals surface area (Å²) >= 11 is 2.62. The van der Waals surface area contributed by atoms with Crippen LogP contribution in [0.2, 0.25) is 0 Å². The third-order valence-corrected chi connectivity index (χ3v) is 5.69. The number of sulfonamides is 1. The van der Waals surface area contributed by atoms with Gasteiger partial charge in [0.15, 0.2) is 0 Å². The van der Waals surface area contributed by atoms with Gasteiger partial charge in [-0.3, -0.25) is 9.40 Å². The van der Waals surface area contributed by atoms with Crippen LogP contribution < -0.4 is 4.72 Å². The van der Waals surface area contributed by atoms with Crippen molar-refractivity contribution in [1.29, 1.82) is 0 Å². The Morgan fingerprint density at radius 3 is 2.76 bits per heavy atom. The van der Waals surface area contributed by atoms with Crippen molar-refractivity contribution in [3.05, 3.63) is 28.7 Å². The molecule has 0 saturated heterocycles. The van der Waals surface area contributed by atoms with Gasteiger partial charge in [0, 0.05) is 13.2 Å². The van der Waals surface area contributed by atoms with Gasteiger partial charge in [-0.05, 0) is 18.4 Å². The molecule has 0 bridgehead atoms. The van der Waals surface area contributed by atoms with Crippen LogP contribution in [0.1, 0.15) is 5.01 Å². The second-order valence-electron chi connectivity index (χ2n) is 4.22. The highest BCUT2D eigenvalue weighted by atomic mass is 32.2. The van der Waals surface area contributed by atoms with Gasteiger partial charge in [-0.25, -0.2) is 8.42 Å². The second-order valence-corrected chi connectivity index (χ2v) is 8.00. The predicted molar refractivity (Wildman–Crippen MR) is 82.0 cm³/mol. The number of anilines is 1. The van der Waals surface area contributed by atoms with Gasteiger partial charge in [0.05, 0.1) is 4.88 Å². The maximum atomic E-state index is 12.5. The second kappa shape index (κ2) is 5.20. The lowest BCUT2D eigenvalue weighted by Crippen LogP contribution is -2.13. The molecule has 0 aliphatic heterocycles. The highest BCUT2D eigenvalue weighted by Crippen LogP contribution is 2.30. The Hall–Kier alpha value is -1.78. The minimum atomic E-state index is -3.75. The lowest BCUT2D eigenvalue weighted by atomic mass is 10.3. The van der Waals surface area contributed by atoms with E-state index in [0.717, 1.165) is 4.88 Å². The minimum absolute atomic E-state index is 0.125. The molecule has 0 aliphatic carbocycles. The van der Waals surface area contributed by atoms with Gasteiger partial charge in [0.1, 0.15) is 15.6 Å². The number of nitrogens with zero attached hydrogens (tertiary/aromatic N) is 4. The Labute approximate surface area is 129 Å². The zero-order chi connectivity index (χ0) is 15.0. The Kier molecular flexibility index (Phi) is 3.51. The van der Waals surface area contributed by atoms with Crippen molar-refractivity contribution in [3.8, 4) is 10.6 Å². The van der Waals surface area contributed by atoms with Crippen molar-refractivity contribution < 1.29 is 8.42 Å². The molecule has 0 amide bonds. The van der Waals surface area contributed by atoms with E-state index in [9.17, 15) is 8.42 Å². The average molecular weight is 341 g/mol. The highest BCUT2D eigenvalue weighted by Gasteiger charge is 2.24. The van der Waals surface area contributed by atoms with Crippen molar-refractivity contribution in [2.75, 3.05) is 4.72 Å². The fraction of sp³-hybridized carbons (Fsp3) is 0.182. The predicted octanol–water partition coefficient (Wildman–Crippen LogP) is 2.11. The molecule has 3 heterocycles. The van der Waals surface area contributed by atoms with Crippen LogP contribution in [0.5, 0.6) is 0 Å². The first-order valence-electron chi connectivity index (χ1n) is 5.86. The maximum Gasteiger partial charge on any atom is 0.267 e. The summed E-state index contributed by atoms with van der Waals surface area (Å²) < 4.78 is 29.0. The van der Waals surface area contributed by atoms with Crippen LogP contribution >= 0.6 is 22.7 Å². The third kappa shape index (κ3) is 2.82. The van der Waals surface area contributed by atoms with E-state index in [-0.39, 0.29) is 10.0 Å². The number of hydrogen-bond donors (Lipinski definition) is 1. The molecule has 21 heavy (non-hydrogen) atoms. The van der Waals surface area contributed by atoms with Crippen LogP contribution in [-0.2, 0) is 17.1 Å². The average Bonchev–Trinajstić information content (AvgIpc) is 3.09. The summed E-state index contributed by atoms with van der Waals surface area (Å²) in [5.74, 6) is 0. The van der Waals surface area contributed by atoms with Gasteiger partial charge in [0.25, 0.3) is 10.0 Å². The summed E-state index contributed by atoms with van der Waals surface area (Å²) in [5, 5.41) is 14.6. The van der Waals surface area contributed by atoms with Gasteiger partial charge in [-0.2, -0.15) is 5.10 Å². The molecular formula is C11H11N5O2S3. The summed E-state index contributed by atoms with van der Waals surface area (Å²) in [6.45, 7) is 1.76. The molecule has 110 valence electrons. The van der Waals surface area contributed by atoms with Crippen LogP contribution in [0.25, 0.3) is 10.6 Å². The van der Waals surface area contributed by atoms with E-state index in [2.05, 4.69) is 20.0 Å². The Morgan fingerprint density at radius 1 is 1.33 bits per heavy atom. The van der Waals surface area contributed by atoms with E-state index < -0.39 is 10.0 Å². The summed E-state index contributed by atoms with van der Waals surface area (Å²) in [5.41, 5.74) is 0.432. The first-order valence-corrected chi connectivity index (χ1v) is 9.04. The van der Waals surface area contributed by atoms with E-state index in [1.165, 1.54) is 33.6 Å². The maximum absolute atomic E-state index is 12.5. The molecule has 0 spiro atoms. The number of nitrogens with one attached hydrogen (secondary N) is 1. The summed E-state index contributed by atoms with van der Waals surface area (Å²) in [6.07, 6.45) is 1.48. The van der Waals surface area contributed by atoms with Crippen molar-refractivity contribution >= 4 is 37.8 Å². The topological polar surface area (TPSA) is 89.8 Å². The van der Waals surface area contributed by atoms with Crippen LogP contribution in [0.15, 0.2) is 28.6 Å². The number of hydrogen-bond acceptors (Lipinski definition) is 7. The molecule has 7 nitrogen and oxygen atoms in total. The standard InChI is InChI=1S/C11H11N5O2S3/c1-7-12-13-11(20-7)15-21(17,18)9-6-16(2)14-10(9)8-4-3-5-19-8/h3-6H,1-2H3,(H,13,15). The number of rotatable bonds is 4. The molecular weight excluding hydrogens is 330 g/mol. The van der Waals surface area contributed by atoms with Gasteiger partial charge in [0.2, 0.25) is 5.13 Å². The highest BCUT2D eigenvalue weighted by molar-refractivity contribution is 7.93. The fourth-order valence-corrected chi connectivity index (χ4v) is 4.56. The molecule has 0 unspecified atom stereocenters. The Morgan fingerprint density at radius 2 is 2.14 bits per heavy atom. The van der Waals surface area contributed by atoms with Crippen molar-refractivity contribution in [1.82, 2.24) is 20.0 Å². The van der Waals surface area contributed by atoms with Crippen LogP contribution in [-0.4, -0.2) is 28.4 Å². The number of thiophene rings is 1. The number of aryl methyl sites for hydroxylation is 2. The van der Waals surface area contributed by atoms with Gasteiger partial charge < -0.3 is 0 Å². The monoisotopic (exact) mass is 341 g/mol. The number of aromatic nitrogens is 4. The summed E-state index contributed by atoms with van der Waals surface area (Å²) in [4.78, 5) is 0.921. The molecule has 0 aliphatic rings. The largest absolute Gasteiger partial charge is 0.274 e. The van der Waals surface area contributed by atoms with Gasteiger partial charge in [-0.15, -0.1) is 21.5 Å². The SMILES string of the molecule is Cc1nnc(NS(=O)(=O)c2cn(C)nc2-c2cccs2)s1. The molecule has 3 aromatic rings. The normalized spacial score (nSPS) is 11.7. The van der Waals surface area contributed by atoms with Gasteiger partial charge in [-0.1, -0.05) is 17.4 Å². The fourth-order valence-electron chi connectivity index (χ4n) is 1.76. The van der Waals surface area contributed by atoms with E-state index in [1.807, 2.05) is 17.5 Å². The zero-order valence-electron chi connectivity index (χ0n) is 11.1. The Bertz CT molecular complexity index is 864. The van der Waals surface area contributed by atoms with Crippen LogP contribution in [0, 0.1) is 6.92 Å². The van der Waals surface area contributed by atoms with Crippen molar-refractivity contribution in [2.45, 2.75) is 11.8 Å². The quantitative estimate of drug-likeness (QED) is 0.785. The smallest absolute Gasteiger partial charge is 0.267 e. The first kappa shape index (κ1) is 14.2. The van der Waals surface area contributed by atoms with E-state index in [4.69, 9.17) is 0 Å². The van der Waals surface area contributed by atoms with Crippen LogP contribution in [0.4, 0.5) is 5.13 Å². The first-order chi connectivity index (χ1) is 9.95. The molecule has 0 saturated carbocycles. The molecule has 3 rings (SSSR count). The minimum Gasteiger partial charge on any atom is -0.274 e. The van der Waals surface area contributed by atoms with Gasteiger partial charge >= 0.3 is 0 Å². The Balaban J connectivity index is 2.03. The molecule has 1 N–H and O–H groups in total. The molecule has 0 radical (unpaired) electrons. The van der Waals surface area contributed by atoms with E-state index in [0.29, 0.717) is 10.7 Å². The lowest BCUT2D eigenvalue weighted by Gasteiger charge is -2.03. The van der Waals surface area contributed by atoms with Crippen molar-refractivity contribution in [3.63, 3.8) is 0 Å². The molecule has 0 atom stereocenters. The molecule has 0 aromatic carbocycles. The molecule has 10 heteroatoms.